The number of nitrogens with one attached hydrogen (secondary N) is 1. The predicted molar refractivity (Wildman–Crippen MR) is 195 cm³/mol. The van der Waals surface area contributed by atoms with E-state index in [4.69, 9.17) is 15.2 Å². The van der Waals surface area contributed by atoms with Crippen molar-refractivity contribution in [3.05, 3.63) is 66.5 Å². The average Bonchev–Trinajstić information content (AvgIpc) is 3.65. The van der Waals surface area contributed by atoms with Crippen LogP contribution >= 0.6 is 0 Å². The van der Waals surface area contributed by atoms with E-state index < -0.39 is 5.97 Å². The van der Waals surface area contributed by atoms with Crippen LogP contribution in [0.3, 0.4) is 0 Å². The summed E-state index contributed by atoms with van der Waals surface area (Å²) in [5.74, 6) is 0.787. The quantitative estimate of drug-likeness (QED) is 0.162. The van der Waals surface area contributed by atoms with E-state index in [0.717, 1.165) is 43.7 Å². The molecule has 8 rings (SSSR count). The van der Waals surface area contributed by atoms with Crippen LogP contribution in [0.25, 0.3) is 16.9 Å². The van der Waals surface area contributed by atoms with Crippen molar-refractivity contribution >= 4 is 40.9 Å². The molecule has 3 N–H and O–H groups in total. The minimum absolute atomic E-state index is 0.00816. The molecule has 1 atom stereocenters. The van der Waals surface area contributed by atoms with Gasteiger partial charge in [0.1, 0.15) is 29.8 Å². The molecule has 0 bridgehead atoms. The van der Waals surface area contributed by atoms with Gasteiger partial charge in [0.05, 0.1) is 42.6 Å². The number of imide groups is 1. The highest BCUT2D eigenvalue weighted by Gasteiger charge is 2.37. The van der Waals surface area contributed by atoms with Gasteiger partial charge < -0.3 is 25.0 Å². The van der Waals surface area contributed by atoms with Crippen molar-refractivity contribution in [1.82, 2.24) is 30.2 Å². The van der Waals surface area contributed by atoms with E-state index in [2.05, 4.69) is 36.5 Å². The molecule has 53 heavy (non-hydrogen) atoms. The number of nitrogens with two attached hydrogens (primary N) is 1. The van der Waals surface area contributed by atoms with Gasteiger partial charge in [-0.15, -0.1) is 10.2 Å². The van der Waals surface area contributed by atoms with Gasteiger partial charge in [-0.25, -0.2) is 4.68 Å². The first-order valence-corrected chi connectivity index (χ1v) is 18.1. The zero-order valence-corrected chi connectivity index (χ0v) is 29.4. The summed E-state index contributed by atoms with van der Waals surface area (Å²) in [6, 6.07) is 14.9. The molecule has 5 heterocycles. The third-order valence-electron chi connectivity index (χ3n) is 10.7. The molecule has 3 amide bonds. The SMILES string of the molecule is CC(=O)Oc1ccccc1-c1cc(-n2cc(N3CCN(C4CCC(c5cccc6c5OCCN6C5CCC(=O)NC5=O)CC4)CC3=O)cn2)c(N)nn1. The highest BCUT2D eigenvalue weighted by atomic mass is 16.5. The number of esters is 1. The van der Waals surface area contributed by atoms with Crippen molar-refractivity contribution < 1.29 is 28.7 Å². The average molecular weight is 720 g/mol. The number of nitrogens with zero attached hydrogens (tertiary/aromatic N) is 7. The monoisotopic (exact) mass is 719 g/mol. The van der Waals surface area contributed by atoms with Crippen LogP contribution < -0.4 is 30.3 Å². The molecule has 1 unspecified atom stereocenters. The Morgan fingerprint density at radius 3 is 2.58 bits per heavy atom. The van der Waals surface area contributed by atoms with Crippen molar-refractivity contribution in [3.63, 3.8) is 0 Å². The van der Waals surface area contributed by atoms with E-state index in [0.29, 0.717) is 79.4 Å². The molecule has 15 heteroatoms. The first kappa shape index (κ1) is 34.3. The minimum Gasteiger partial charge on any atom is -0.489 e. The molecule has 2 saturated heterocycles. The summed E-state index contributed by atoms with van der Waals surface area (Å²) in [6.45, 7) is 4.02. The number of ether oxygens (including phenoxy) is 2. The molecule has 0 spiro atoms. The Morgan fingerprint density at radius 1 is 0.962 bits per heavy atom. The van der Waals surface area contributed by atoms with Crippen molar-refractivity contribution in [2.75, 3.05) is 48.3 Å². The maximum atomic E-state index is 13.6. The van der Waals surface area contributed by atoms with Crippen molar-refractivity contribution in [3.8, 4) is 28.4 Å². The minimum atomic E-state index is -0.447. The molecule has 3 fully saturated rings. The molecule has 3 aliphatic heterocycles. The molecule has 1 aliphatic carbocycles. The lowest BCUT2D eigenvalue weighted by atomic mass is 9.80. The van der Waals surface area contributed by atoms with Gasteiger partial charge in [0.2, 0.25) is 17.7 Å². The summed E-state index contributed by atoms with van der Waals surface area (Å²) in [7, 11) is 0. The normalized spacial score (nSPS) is 22.2. The maximum absolute atomic E-state index is 13.6. The Morgan fingerprint density at radius 2 is 1.79 bits per heavy atom. The molecular formula is C38H41N9O6. The van der Waals surface area contributed by atoms with E-state index >= 15 is 0 Å². The van der Waals surface area contributed by atoms with Crippen molar-refractivity contribution in [1.29, 1.82) is 0 Å². The number of aromatic nitrogens is 4. The number of piperazine rings is 1. The number of rotatable bonds is 7. The Bertz CT molecular complexity index is 2080. The number of nitrogen functional groups attached to an aromatic ring is 1. The van der Waals surface area contributed by atoms with Gasteiger partial charge in [-0.2, -0.15) is 5.10 Å². The van der Waals surface area contributed by atoms with E-state index in [-0.39, 0.29) is 29.6 Å². The molecule has 15 nitrogen and oxygen atoms in total. The molecule has 2 aromatic carbocycles. The highest BCUT2D eigenvalue weighted by molar-refractivity contribution is 6.02. The number of carbonyl (C=O) groups excluding carboxylic acids is 4. The van der Waals surface area contributed by atoms with Gasteiger partial charge in [0.25, 0.3) is 0 Å². The number of hydrogen-bond acceptors (Lipinski definition) is 12. The largest absolute Gasteiger partial charge is 0.489 e. The maximum Gasteiger partial charge on any atom is 0.308 e. The molecule has 2 aromatic heterocycles. The zero-order chi connectivity index (χ0) is 36.6. The van der Waals surface area contributed by atoms with E-state index in [1.165, 1.54) is 12.5 Å². The molecule has 0 radical (unpaired) electrons. The molecule has 4 aromatic rings. The Hall–Kier alpha value is -5.83. The second kappa shape index (κ2) is 14.3. The standard InChI is InChI=1S/C38H41N9O6/c1-23(48)53-33-8-3-2-5-28(33)29-19-32(37(39)43-42-29)47-21-26(20-40-47)45-16-15-44(22-35(45)50)25-11-9-24(10-12-25)27-6-4-7-30-36(27)52-18-17-46(30)31-13-14-34(49)41-38(31)51/h2-8,19-21,24-25,31H,9-18,22H2,1H3,(H2,39,43)(H,41,49,51). The van der Waals surface area contributed by atoms with Crippen LogP contribution in [-0.2, 0) is 19.2 Å². The van der Waals surface area contributed by atoms with E-state index in [1.807, 2.05) is 18.2 Å². The third kappa shape index (κ3) is 6.79. The number of carbonyl (C=O) groups is 4. The number of piperidine rings is 1. The van der Waals surface area contributed by atoms with Crippen LogP contribution in [-0.4, -0.2) is 93.4 Å². The van der Waals surface area contributed by atoms with E-state index in [1.54, 1.807) is 46.2 Å². The summed E-state index contributed by atoms with van der Waals surface area (Å²) in [6.07, 6.45) is 8.12. The first-order chi connectivity index (χ1) is 25.7. The number of amides is 3. The number of benzene rings is 2. The number of anilines is 3. The van der Waals surface area contributed by atoms with Gasteiger partial charge in [-0.1, -0.05) is 24.3 Å². The predicted octanol–water partition coefficient (Wildman–Crippen LogP) is 3.22. The van der Waals surface area contributed by atoms with Gasteiger partial charge in [0.15, 0.2) is 5.82 Å². The lowest BCUT2D eigenvalue weighted by molar-refractivity contribution is -0.134. The molecule has 4 aliphatic rings. The summed E-state index contributed by atoms with van der Waals surface area (Å²) < 4.78 is 13.2. The van der Waals surface area contributed by atoms with Crippen LogP contribution in [0, 0.1) is 0 Å². The molecule has 1 saturated carbocycles. The lowest BCUT2D eigenvalue weighted by Crippen LogP contribution is -2.54. The summed E-state index contributed by atoms with van der Waals surface area (Å²) in [5, 5.41) is 15.3. The van der Waals surface area contributed by atoms with Crippen LogP contribution in [0.5, 0.6) is 11.5 Å². The first-order valence-electron chi connectivity index (χ1n) is 18.1. The number of hydrogen-bond donors (Lipinski definition) is 2. The number of fused-ring (bicyclic) bond motifs is 1. The summed E-state index contributed by atoms with van der Waals surface area (Å²) in [4.78, 5) is 55.8. The Labute approximate surface area is 306 Å². The lowest BCUT2D eigenvalue weighted by Gasteiger charge is -2.42. The van der Waals surface area contributed by atoms with Crippen molar-refractivity contribution in [2.24, 2.45) is 0 Å². The Balaban J connectivity index is 0.906. The van der Waals surface area contributed by atoms with Crippen LogP contribution in [0.1, 0.15) is 56.9 Å². The second-order valence-corrected chi connectivity index (χ2v) is 14.0. The Kier molecular flexibility index (Phi) is 9.24. The van der Waals surface area contributed by atoms with E-state index in [9.17, 15) is 19.2 Å². The van der Waals surface area contributed by atoms with Crippen LogP contribution in [0.2, 0.25) is 0 Å². The van der Waals surface area contributed by atoms with Gasteiger partial charge >= 0.3 is 5.97 Å². The fraction of sp³-hybridized carbons (Fsp3) is 0.395. The van der Waals surface area contributed by atoms with Crippen LogP contribution in [0.15, 0.2) is 60.9 Å². The smallest absolute Gasteiger partial charge is 0.308 e. The van der Waals surface area contributed by atoms with Gasteiger partial charge in [0, 0.05) is 38.0 Å². The number of para-hydroxylation sites is 2. The fourth-order valence-corrected chi connectivity index (χ4v) is 8.16. The third-order valence-corrected chi connectivity index (χ3v) is 10.7. The molecule has 274 valence electrons. The second-order valence-electron chi connectivity index (χ2n) is 14.0. The van der Waals surface area contributed by atoms with Gasteiger partial charge in [-0.3, -0.25) is 29.4 Å². The van der Waals surface area contributed by atoms with Crippen molar-refractivity contribution in [2.45, 2.75) is 63.5 Å². The summed E-state index contributed by atoms with van der Waals surface area (Å²) >= 11 is 0. The molecular weight excluding hydrogens is 678 g/mol. The zero-order valence-electron chi connectivity index (χ0n) is 29.4. The fourth-order valence-electron chi connectivity index (χ4n) is 8.16. The van der Waals surface area contributed by atoms with Crippen LogP contribution in [0.4, 0.5) is 17.2 Å². The van der Waals surface area contributed by atoms with Gasteiger partial charge in [-0.05, 0) is 67.9 Å². The summed E-state index contributed by atoms with van der Waals surface area (Å²) in [5.41, 5.74) is 10.5. The topological polar surface area (TPSA) is 178 Å². The highest BCUT2D eigenvalue weighted by Crippen LogP contribution is 2.45.